The van der Waals surface area contributed by atoms with Crippen LogP contribution in [0.15, 0.2) is 35.9 Å². The summed E-state index contributed by atoms with van der Waals surface area (Å²) in [6, 6.07) is 11.7. The molecule has 0 saturated heterocycles. The molecule has 18 heavy (non-hydrogen) atoms. The Balaban J connectivity index is 2.88. The molecular formula is C15H18N2O. The van der Waals surface area contributed by atoms with Crippen LogP contribution in [0.4, 0.5) is 0 Å². The smallest absolute Gasteiger partial charge is 0.248 e. The van der Waals surface area contributed by atoms with Gasteiger partial charge in [-0.3, -0.25) is 4.79 Å². The van der Waals surface area contributed by atoms with Crippen LogP contribution in [0.25, 0.3) is 6.08 Å². The summed E-state index contributed by atoms with van der Waals surface area (Å²) in [5.74, 6) is -0.187. The van der Waals surface area contributed by atoms with E-state index in [2.05, 4.69) is 11.4 Å². The molecule has 1 N–H and O–H groups in total. The van der Waals surface area contributed by atoms with E-state index in [1.807, 2.05) is 43.3 Å². The molecule has 0 radical (unpaired) electrons. The van der Waals surface area contributed by atoms with Crippen molar-refractivity contribution in [2.75, 3.05) is 0 Å². The number of hydrogen-bond donors (Lipinski definition) is 1. The summed E-state index contributed by atoms with van der Waals surface area (Å²) >= 11 is 0. The van der Waals surface area contributed by atoms with Crippen LogP contribution in [0.3, 0.4) is 0 Å². The SMILES string of the molecule is CC/C(=C\c1ccccc1)C(=O)NC(C)(C)C#N. The first kappa shape index (κ1) is 14.0. The van der Waals surface area contributed by atoms with Crippen LogP contribution in [-0.4, -0.2) is 11.4 Å². The van der Waals surface area contributed by atoms with E-state index >= 15 is 0 Å². The van der Waals surface area contributed by atoms with Gasteiger partial charge in [-0.2, -0.15) is 5.26 Å². The Morgan fingerprint density at radius 1 is 1.39 bits per heavy atom. The lowest BCUT2D eigenvalue weighted by molar-refractivity contribution is -0.118. The lowest BCUT2D eigenvalue weighted by Gasteiger charge is -2.18. The topological polar surface area (TPSA) is 52.9 Å². The third-order valence-electron chi connectivity index (χ3n) is 2.52. The zero-order valence-electron chi connectivity index (χ0n) is 11.0. The summed E-state index contributed by atoms with van der Waals surface area (Å²) in [6.07, 6.45) is 2.48. The van der Waals surface area contributed by atoms with Gasteiger partial charge in [-0.15, -0.1) is 0 Å². The van der Waals surface area contributed by atoms with E-state index in [4.69, 9.17) is 5.26 Å². The Morgan fingerprint density at radius 3 is 2.50 bits per heavy atom. The molecule has 0 aromatic heterocycles. The lowest BCUT2D eigenvalue weighted by Crippen LogP contribution is -2.42. The van der Waals surface area contributed by atoms with Crippen LogP contribution in [-0.2, 0) is 4.79 Å². The third kappa shape index (κ3) is 4.06. The maximum Gasteiger partial charge on any atom is 0.248 e. The van der Waals surface area contributed by atoms with E-state index in [0.717, 1.165) is 5.56 Å². The van der Waals surface area contributed by atoms with E-state index in [0.29, 0.717) is 12.0 Å². The van der Waals surface area contributed by atoms with Crippen molar-refractivity contribution in [1.82, 2.24) is 5.32 Å². The van der Waals surface area contributed by atoms with Crippen LogP contribution in [0.2, 0.25) is 0 Å². The van der Waals surface area contributed by atoms with Crippen molar-refractivity contribution in [3.8, 4) is 6.07 Å². The first-order valence-electron chi connectivity index (χ1n) is 5.98. The van der Waals surface area contributed by atoms with Gasteiger partial charge in [0.25, 0.3) is 0 Å². The zero-order chi connectivity index (χ0) is 13.6. The quantitative estimate of drug-likeness (QED) is 0.825. The molecule has 0 aliphatic heterocycles. The molecule has 0 atom stereocenters. The highest BCUT2D eigenvalue weighted by atomic mass is 16.1. The highest BCUT2D eigenvalue weighted by Gasteiger charge is 2.20. The second-order valence-corrected chi connectivity index (χ2v) is 4.62. The van der Waals surface area contributed by atoms with Crippen molar-refractivity contribution in [1.29, 1.82) is 5.26 Å². The summed E-state index contributed by atoms with van der Waals surface area (Å²) in [7, 11) is 0. The zero-order valence-corrected chi connectivity index (χ0v) is 11.0. The van der Waals surface area contributed by atoms with Crippen molar-refractivity contribution in [2.24, 2.45) is 0 Å². The molecule has 1 amide bonds. The molecule has 0 saturated carbocycles. The van der Waals surface area contributed by atoms with E-state index in [1.54, 1.807) is 13.8 Å². The number of hydrogen-bond acceptors (Lipinski definition) is 2. The van der Waals surface area contributed by atoms with E-state index in [-0.39, 0.29) is 5.91 Å². The van der Waals surface area contributed by atoms with Gasteiger partial charge in [0.2, 0.25) is 5.91 Å². The number of amides is 1. The monoisotopic (exact) mass is 242 g/mol. The molecule has 0 bridgehead atoms. The van der Waals surface area contributed by atoms with Gasteiger partial charge < -0.3 is 5.32 Å². The molecule has 3 heteroatoms. The molecule has 0 aliphatic rings. The molecule has 94 valence electrons. The third-order valence-corrected chi connectivity index (χ3v) is 2.52. The number of nitrogens with zero attached hydrogens (tertiary/aromatic N) is 1. The number of nitriles is 1. The largest absolute Gasteiger partial charge is 0.334 e. The Bertz CT molecular complexity index is 481. The van der Waals surface area contributed by atoms with E-state index < -0.39 is 5.54 Å². The fourth-order valence-corrected chi connectivity index (χ4v) is 1.47. The molecule has 0 unspecified atom stereocenters. The average Bonchev–Trinajstić information content (AvgIpc) is 2.36. The van der Waals surface area contributed by atoms with Gasteiger partial charge in [0.1, 0.15) is 5.54 Å². The van der Waals surface area contributed by atoms with Gasteiger partial charge in [-0.05, 0) is 31.9 Å². The molecule has 0 spiro atoms. The van der Waals surface area contributed by atoms with Crippen molar-refractivity contribution in [2.45, 2.75) is 32.7 Å². The number of carbonyl (C=O) groups excluding carboxylic acids is 1. The van der Waals surface area contributed by atoms with Crippen LogP contribution < -0.4 is 5.32 Å². The van der Waals surface area contributed by atoms with Crippen molar-refractivity contribution < 1.29 is 4.79 Å². The standard InChI is InChI=1S/C15H18N2O/c1-4-13(10-12-8-6-5-7-9-12)14(18)17-15(2,3)11-16/h5-10H,4H2,1-3H3,(H,17,18)/b13-10+. The number of benzene rings is 1. The van der Waals surface area contributed by atoms with Gasteiger partial charge in [0.05, 0.1) is 6.07 Å². The molecule has 0 aliphatic carbocycles. The highest BCUT2D eigenvalue weighted by molar-refractivity contribution is 5.98. The fraction of sp³-hybridized carbons (Fsp3) is 0.333. The second-order valence-electron chi connectivity index (χ2n) is 4.62. The van der Waals surface area contributed by atoms with E-state index in [9.17, 15) is 4.79 Å². The summed E-state index contributed by atoms with van der Waals surface area (Å²) < 4.78 is 0. The normalized spacial score (nSPS) is 11.8. The lowest BCUT2D eigenvalue weighted by atomic mass is 10.0. The maximum absolute atomic E-state index is 12.0. The maximum atomic E-state index is 12.0. The molecule has 1 rings (SSSR count). The Labute approximate surface area is 108 Å². The van der Waals surface area contributed by atoms with Gasteiger partial charge >= 0.3 is 0 Å². The Kier molecular flexibility index (Phi) is 4.67. The minimum absolute atomic E-state index is 0.187. The first-order valence-corrected chi connectivity index (χ1v) is 5.98. The van der Waals surface area contributed by atoms with E-state index in [1.165, 1.54) is 0 Å². The fourth-order valence-electron chi connectivity index (χ4n) is 1.47. The van der Waals surface area contributed by atoms with Gasteiger partial charge in [-0.1, -0.05) is 37.3 Å². The summed E-state index contributed by atoms with van der Waals surface area (Å²) in [5.41, 5.74) is 0.811. The first-order chi connectivity index (χ1) is 8.48. The van der Waals surface area contributed by atoms with Crippen LogP contribution in [0.1, 0.15) is 32.8 Å². The second kappa shape index (κ2) is 6.02. The van der Waals surface area contributed by atoms with Crippen molar-refractivity contribution in [3.63, 3.8) is 0 Å². The number of rotatable bonds is 4. The molecule has 3 nitrogen and oxygen atoms in total. The van der Waals surface area contributed by atoms with Crippen LogP contribution in [0, 0.1) is 11.3 Å². The van der Waals surface area contributed by atoms with Crippen LogP contribution >= 0.6 is 0 Å². The van der Waals surface area contributed by atoms with Crippen LogP contribution in [0.5, 0.6) is 0 Å². The molecule has 0 heterocycles. The molecule has 1 aromatic rings. The molecule has 1 aromatic carbocycles. The van der Waals surface area contributed by atoms with Gasteiger partial charge in [0, 0.05) is 5.57 Å². The number of carbonyl (C=O) groups is 1. The van der Waals surface area contributed by atoms with Crippen molar-refractivity contribution >= 4 is 12.0 Å². The molecular weight excluding hydrogens is 224 g/mol. The highest BCUT2D eigenvalue weighted by Crippen LogP contribution is 2.11. The minimum Gasteiger partial charge on any atom is -0.334 e. The van der Waals surface area contributed by atoms with Gasteiger partial charge in [0.15, 0.2) is 0 Å². The summed E-state index contributed by atoms with van der Waals surface area (Å²) in [6.45, 7) is 5.29. The molecule has 0 fully saturated rings. The predicted octanol–water partition coefficient (Wildman–Crippen LogP) is 2.90. The average molecular weight is 242 g/mol. The summed E-state index contributed by atoms with van der Waals surface area (Å²) in [4.78, 5) is 12.0. The van der Waals surface area contributed by atoms with Crippen molar-refractivity contribution in [3.05, 3.63) is 41.5 Å². The van der Waals surface area contributed by atoms with Gasteiger partial charge in [-0.25, -0.2) is 0 Å². The minimum atomic E-state index is -0.845. The summed E-state index contributed by atoms with van der Waals surface area (Å²) in [5, 5.41) is 11.6. The Morgan fingerprint density at radius 2 is 2.00 bits per heavy atom. The number of nitrogens with one attached hydrogen (secondary N) is 1. The predicted molar refractivity (Wildman–Crippen MR) is 72.5 cm³/mol. The Hall–Kier alpha value is -2.08.